The fourth-order valence-corrected chi connectivity index (χ4v) is 1.42. The van der Waals surface area contributed by atoms with Gasteiger partial charge in [0.15, 0.2) is 23.1 Å². The first-order chi connectivity index (χ1) is 7.65. The average molecular weight is 227 g/mol. The molecule has 0 aliphatic heterocycles. The molecule has 0 heterocycles. The number of methoxy groups -OCH3 is 2. The van der Waals surface area contributed by atoms with Crippen molar-refractivity contribution in [2.24, 2.45) is 5.73 Å². The number of ketones is 1. The summed E-state index contributed by atoms with van der Waals surface area (Å²) in [5.74, 6) is -0.715. The molecule has 16 heavy (non-hydrogen) atoms. The van der Waals surface area contributed by atoms with Crippen LogP contribution in [0.3, 0.4) is 0 Å². The Labute approximate surface area is 93.2 Å². The molecule has 5 heteroatoms. The van der Waals surface area contributed by atoms with Crippen molar-refractivity contribution in [1.82, 2.24) is 0 Å². The number of halogens is 1. The minimum atomic E-state index is -0.566. The topological polar surface area (TPSA) is 61.5 Å². The monoisotopic (exact) mass is 227 g/mol. The number of nitrogens with two attached hydrogens (primary N) is 1. The lowest BCUT2D eigenvalue weighted by Crippen LogP contribution is -2.10. The van der Waals surface area contributed by atoms with Crippen LogP contribution in [-0.2, 0) is 0 Å². The van der Waals surface area contributed by atoms with E-state index in [1.807, 2.05) is 0 Å². The van der Waals surface area contributed by atoms with Gasteiger partial charge in [0.1, 0.15) is 0 Å². The van der Waals surface area contributed by atoms with Crippen LogP contribution >= 0.6 is 0 Å². The molecule has 0 amide bonds. The fraction of sp³-hybridized carbons (Fsp3) is 0.364. The maximum atomic E-state index is 13.3. The van der Waals surface area contributed by atoms with Gasteiger partial charge in [-0.3, -0.25) is 4.79 Å². The summed E-state index contributed by atoms with van der Waals surface area (Å²) in [5.41, 5.74) is 5.58. The average Bonchev–Trinajstić information content (AvgIpc) is 2.28. The number of rotatable bonds is 5. The van der Waals surface area contributed by atoms with Crippen molar-refractivity contribution < 1.29 is 18.7 Å². The predicted molar refractivity (Wildman–Crippen MR) is 57.5 cm³/mol. The predicted octanol–water partition coefficient (Wildman–Crippen LogP) is 1.37. The molecule has 88 valence electrons. The van der Waals surface area contributed by atoms with E-state index in [2.05, 4.69) is 0 Å². The molecule has 2 N–H and O–H groups in total. The summed E-state index contributed by atoms with van der Waals surface area (Å²) in [5, 5.41) is 0. The van der Waals surface area contributed by atoms with E-state index in [1.54, 1.807) is 0 Å². The molecule has 4 nitrogen and oxygen atoms in total. The Morgan fingerprint density at radius 3 is 2.44 bits per heavy atom. The maximum absolute atomic E-state index is 13.3. The number of hydrogen-bond donors (Lipinski definition) is 1. The van der Waals surface area contributed by atoms with Gasteiger partial charge >= 0.3 is 0 Å². The van der Waals surface area contributed by atoms with Gasteiger partial charge in [0.25, 0.3) is 0 Å². The van der Waals surface area contributed by atoms with E-state index < -0.39 is 5.82 Å². The molecule has 0 fully saturated rings. The van der Waals surface area contributed by atoms with Crippen LogP contribution in [0.25, 0.3) is 0 Å². The Morgan fingerprint density at radius 2 is 1.94 bits per heavy atom. The molecule has 1 rings (SSSR count). The lowest BCUT2D eigenvalue weighted by atomic mass is 10.1. The van der Waals surface area contributed by atoms with Crippen molar-refractivity contribution >= 4 is 5.78 Å². The van der Waals surface area contributed by atoms with Gasteiger partial charge in [-0.05, 0) is 18.7 Å². The summed E-state index contributed by atoms with van der Waals surface area (Å²) < 4.78 is 23.2. The molecular weight excluding hydrogens is 213 g/mol. The zero-order chi connectivity index (χ0) is 12.1. The Balaban J connectivity index is 3.24. The second-order valence-corrected chi connectivity index (χ2v) is 3.12. The minimum Gasteiger partial charge on any atom is -0.492 e. The standard InChI is InChI=1S/C11H14FNO3/c1-15-10-7(9(14)5-6-13)3-4-8(12)11(10)16-2/h3-4H,5-6,13H2,1-2H3. The van der Waals surface area contributed by atoms with Gasteiger partial charge in [-0.25, -0.2) is 4.39 Å². The van der Waals surface area contributed by atoms with Crippen LogP contribution in [0.5, 0.6) is 11.5 Å². The third kappa shape index (κ3) is 2.30. The van der Waals surface area contributed by atoms with Crippen LogP contribution in [0.2, 0.25) is 0 Å². The minimum absolute atomic E-state index is 0.0645. The molecule has 0 bridgehead atoms. The number of carbonyl (C=O) groups is 1. The van der Waals surface area contributed by atoms with Crippen LogP contribution in [-0.4, -0.2) is 26.5 Å². The van der Waals surface area contributed by atoms with Gasteiger partial charge in [0, 0.05) is 6.42 Å². The number of benzene rings is 1. The van der Waals surface area contributed by atoms with Crippen LogP contribution in [0.15, 0.2) is 12.1 Å². The van der Waals surface area contributed by atoms with E-state index in [4.69, 9.17) is 15.2 Å². The van der Waals surface area contributed by atoms with E-state index in [-0.39, 0.29) is 35.8 Å². The van der Waals surface area contributed by atoms with Crippen molar-refractivity contribution in [3.8, 4) is 11.5 Å². The third-order valence-corrected chi connectivity index (χ3v) is 2.14. The zero-order valence-electron chi connectivity index (χ0n) is 9.25. The van der Waals surface area contributed by atoms with E-state index in [9.17, 15) is 9.18 Å². The smallest absolute Gasteiger partial charge is 0.197 e. The maximum Gasteiger partial charge on any atom is 0.197 e. The van der Waals surface area contributed by atoms with Gasteiger partial charge in [0.2, 0.25) is 0 Å². The first-order valence-electron chi connectivity index (χ1n) is 4.79. The summed E-state index contributed by atoms with van der Waals surface area (Å²) in [4.78, 5) is 11.7. The molecule has 1 aromatic carbocycles. The first kappa shape index (κ1) is 12.4. The van der Waals surface area contributed by atoms with Crippen molar-refractivity contribution in [2.45, 2.75) is 6.42 Å². The van der Waals surface area contributed by atoms with Crippen molar-refractivity contribution in [1.29, 1.82) is 0 Å². The number of carbonyl (C=O) groups excluding carboxylic acids is 1. The highest BCUT2D eigenvalue weighted by molar-refractivity contribution is 5.99. The van der Waals surface area contributed by atoms with Gasteiger partial charge in [0.05, 0.1) is 19.8 Å². The summed E-state index contributed by atoms with van der Waals surface area (Å²) >= 11 is 0. The number of hydrogen-bond acceptors (Lipinski definition) is 4. The normalized spacial score (nSPS) is 10.0. The lowest BCUT2D eigenvalue weighted by Gasteiger charge is -2.12. The van der Waals surface area contributed by atoms with Gasteiger partial charge in [-0.2, -0.15) is 0 Å². The Bertz CT molecular complexity index is 393. The van der Waals surface area contributed by atoms with E-state index in [0.29, 0.717) is 0 Å². The van der Waals surface area contributed by atoms with Crippen LogP contribution < -0.4 is 15.2 Å². The Morgan fingerprint density at radius 1 is 1.31 bits per heavy atom. The molecule has 0 saturated heterocycles. The van der Waals surface area contributed by atoms with Crippen LogP contribution in [0, 0.1) is 5.82 Å². The Hall–Kier alpha value is -1.62. The summed E-state index contributed by atoms with van der Waals surface area (Å²) in [7, 11) is 2.68. The number of Topliss-reactive ketones (excluding diaryl/α,β-unsaturated/α-hetero) is 1. The van der Waals surface area contributed by atoms with E-state index in [1.165, 1.54) is 26.4 Å². The Kier molecular flexibility index (Phi) is 4.25. The molecule has 0 spiro atoms. The SMILES string of the molecule is COc1c(F)ccc(C(=O)CCN)c1OC. The molecule has 0 unspecified atom stereocenters. The first-order valence-corrected chi connectivity index (χ1v) is 4.79. The summed E-state index contributed by atoms with van der Waals surface area (Å²) in [6.07, 6.45) is 0.186. The molecule has 0 aliphatic carbocycles. The fourth-order valence-electron chi connectivity index (χ4n) is 1.42. The molecule has 0 aliphatic rings. The molecule has 0 aromatic heterocycles. The van der Waals surface area contributed by atoms with E-state index in [0.717, 1.165) is 0 Å². The van der Waals surface area contributed by atoms with Gasteiger partial charge in [-0.15, -0.1) is 0 Å². The largest absolute Gasteiger partial charge is 0.492 e. The second kappa shape index (κ2) is 5.46. The van der Waals surface area contributed by atoms with Crippen molar-refractivity contribution in [2.75, 3.05) is 20.8 Å². The third-order valence-electron chi connectivity index (χ3n) is 2.14. The molecular formula is C11H14FNO3. The van der Waals surface area contributed by atoms with Crippen molar-refractivity contribution in [3.05, 3.63) is 23.5 Å². The quantitative estimate of drug-likeness (QED) is 0.772. The molecule has 1 aromatic rings. The molecule has 0 atom stereocenters. The van der Waals surface area contributed by atoms with Gasteiger partial charge < -0.3 is 15.2 Å². The van der Waals surface area contributed by atoms with Crippen LogP contribution in [0.1, 0.15) is 16.8 Å². The summed E-state index contributed by atoms with van der Waals surface area (Å²) in [6.45, 7) is 0.238. The number of ether oxygens (including phenoxy) is 2. The van der Waals surface area contributed by atoms with Gasteiger partial charge in [-0.1, -0.05) is 0 Å². The summed E-state index contributed by atoms with van der Waals surface area (Å²) in [6, 6.07) is 2.54. The highest BCUT2D eigenvalue weighted by atomic mass is 19.1. The molecule has 0 radical (unpaired) electrons. The molecule has 0 saturated carbocycles. The van der Waals surface area contributed by atoms with Crippen molar-refractivity contribution in [3.63, 3.8) is 0 Å². The highest BCUT2D eigenvalue weighted by Gasteiger charge is 2.19. The van der Waals surface area contributed by atoms with E-state index >= 15 is 0 Å². The second-order valence-electron chi connectivity index (χ2n) is 3.12. The lowest BCUT2D eigenvalue weighted by molar-refractivity contribution is 0.0981. The highest BCUT2D eigenvalue weighted by Crippen LogP contribution is 2.34. The zero-order valence-corrected chi connectivity index (χ0v) is 9.25. The van der Waals surface area contributed by atoms with Crippen LogP contribution in [0.4, 0.5) is 4.39 Å².